The number of esters is 2. The fourth-order valence-electron chi connectivity index (χ4n) is 6.60. The van der Waals surface area contributed by atoms with Gasteiger partial charge < -0.3 is 14.6 Å². The highest BCUT2D eigenvalue weighted by atomic mass is 16.6. The number of carbonyl (C=O) groups excluding carboxylic acids is 2. The molecule has 5 heteroatoms. The van der Waals surface area contributed by atoms with Crippen LogP contribution in [0.15, 0.2) is 0 Å². The molecular formula is C44H86O5. The van der Waals surface area contributed by atoms with Crippen LogP contribution in [0.4, 0.5) is 0 Å². The average molecular weight is 695 g/mol. The first-order chi connectivity index (χ1) is 23.8. The minimum Gasteiger partial charge on any atom is -0.463 e. The lowest BCUT2D eigenvalue weighted by Gasteiger charge is -2.12. The van der Waals surface area contributed by atoms with Crippen LogP contribution in [0.25, 0.3) is 0 Å². The third-order valence-corrected chi connectivity index (χ3v) is 10.3. The number of rotatable bonds is 39. The molecule has 0 aromatic carbocycles. The molecule has 2 atom stereocenters. The van der Waals surface area contributed by atoms with E-state index in [9.17, 15) is 14.7 Å². The number of carbonyl (C=O) groups is 2. The van der Waals surface area contributed by atoms with Crippen LogP contribution in [0.2, 0.25) is 0 Å². The first-order valence-corrected chi connectivity index (χ1v) is 21.8. The largest absolute Gasteiger partial charge is 0.463 e. The molecule has 0 spiro atoms. The van der Waals surface area contributed by atoms with Crippen LogP contribution in [0.5, 0.6) is 0 Å². The van der Waals surface area contributed by atoms with Gasteiger partial charge >= 0.3 is 11.9 Å². The Morgan fingerprint density at radius 1 is 0.429 bits per heavy atom. The average Bonchev–Trinajstić information content (AvgIpc) is 3.09. The maximum absolute atomic E-state index is 12.0. The second-order valence-electron chi connectivity index (χ2n) is 15.9. The number of unbranched alkanes of at least 4 members (excludes halogenated alkanes) is 26. The zero-order valence-electron chi connectivity index (χ0n) is 33.6. The minimum absolute atomic E-state index is 0.108. The van der Waals surface area contributed by atoms with E-state index in [1.807, 2.05) is 0 Å². The predicted molar refractivity (Wildman–Crippen MR) is 210 cm³/mol. The summed E-state index contributed by atoms with van der Waals surface area (Å²) in [5.74, 6) is 1.19. The van der Waals surface area contributed by atoms with E-state index >= 15 is 0 Å². The highest BCUT2D eigenvalue weighted by Gasteiger charge is 2.12. The monoisotopic (exact) mass is 695 g/mol. The Bertz CT molecular complexity index is 693. The van der Waals surface area contributed by atoms with Gasteiger partial charge in [0.2, 0.25) is 0 Å². The summed E-state index contributed by atoms with van der Waals surface area (Å²) in [6, 6.07) is 0. The quantitative estimate of drug-likeness (QED) is 0.0512. The first-order valence-electron chi connectivity index (χ1n) is 21.8. The second kappa shape index (κ2) is 38.1. The lowest BCUT2D eigenvalue weighted by atomic mass is 9.99. The smallest absolute Gasteiger partial charge is 0.305 e. The van der Waals surface area contributed by atoms with Gasteiger partial charge in [-0.3, -0.25) is 9.59 Å². The minimum atomic E-state index is -0.956. The lowest BCUT2D eigenvalue weighted by Crippen LogP contribution is -2.25. The number of aliphatic hydroxyl groups is 1. The van der Waals surface area contributed by atoms with Gasteiger partial charge in [-0.2, -0.15) is 0 Å². The van der Waals surface area contributed by atoms with E-state index in [-0.39, 0.29) is 25.2 Å². The Morgan fingerprint density at radius 2 is 0.694 bits per heavy atom. The van der Waals surface area contributed by atoms with Gasteiger partial charge in [-0.05, 0) is 24.7 Å². The first kappa shape index (κ1) is 47.9. The molecule has 49 heavy (non-hydrogen) atoms. The molecule has 0 aliphatic heterocycles. The van der Waals surface area contributed by atoms with Crippen LogP contribution >= 0.6 is 0 Å². The van der Waals surface area contributed by atoms with E-state index in [1.54, 1.807) is 0 Å². The summed E-state index contributed by atoms with van der Waals surface area (Å²) in [4.78, 5) is 24.0. The second-order valence-corrected chi connectivity index (χ2v) is 15.9. The Labute approximate surface area is 306 Å². The van der Waals surface area contributed by atoms with Crippen LogP contribution in [0.3, 0.4) is 0 Å². The SMILES string of the molecule is CCC(C)CCCCCCCCCCCCC(=O)OC[C@@H](O)COC(=O)CCCCCCCCCCCCCCCCCCCCC(C)C. The molecule has 0 saturated carbocycles. The van der Waals surface area contributed by atoms with Gasteiger partial charge in [0.05, 0.1) is 0 Å². The number of hydrogen-bond donors (Lipinski definition) is 1. The van der Waals surface area contributed by atoms with Crippen molar-refractivity contribution in [1.82, 2.24) is 0 Å². The molecular weight excluding hydrogens is 608 g/mol. The van der Waals surface area contributed by atoms with Crippen molar-refractivity contribution in [3.63, 3.8) is 0 Å². The molecule has 0 heterocycles. The summed E-state index contributed by atoms with van der Waals surface area (Å²) in [6.07, 6.45) is 40.2. The Kier molecular flexibility index (Phi) is 37.3. The van der Waals surface area contributed by atoms with Gasteiger partial charge in [-0.15, -0.1) is 0 Å². The van der Waals surface area contributed by atoms with Crippen LogP contribution < -0.4 is 0 Å². The maximum atomic E-state index is 12.0. The van der Waals surface area contributed by atoms with Crippen molar-refractivity contribution < 1.29 is 24.2 Å². The van der Waals surface area contributed by atoms with E-state index in [1.165, 1.54) is 173 Å². The van der Waals surface area contributed by atoms with E-state index in [4.69, 9.17) is 9.47 Å². The summed E-state index contributed by atoms with van der Waals surface area (Å²) in [6.45, 7) is 9.07. The van der Waals surface area contributed by atoms with Crippen LogP contribution in [0, 0.1) is 11.8 Å². The van der Waals surface area contributed by atoms with Crippen molar-refractivity contribution in [3.8, 4) is 0 Å². The molecule has 0 aromatic rings. The van der Waals surface area contributed by atoms with Crippen LogP contribution in [-0.4, -0.2) is 36.4 Å². The van der Waals surface area contributed by atoms with Gasteiger partial charge in [0.15, 0.2) is 0 Å². The molecule has 1 N–H and O–H groups in total. The maximum Gasteiger partial charge on any atom is 0.305 e. The van der Waals surface area contributed by atoms with Gasteiger partial charge in [-0.25, -0.2) is 0 Å². The van der Waals surface area contributed by atoms with Gasteiger partial charge in [-0.1, -0.05) is 214 Å². The Hall–Kier alpha value is -1.10. The van der Waals surface area contributed by atoms with Crippen molar-refractivity contribution >= 4 is 11.9 Å². The number of aliphatic hydroxyl groups excluding tert-OH is 1. The molecule has 0 rings (SSSR count). The summed E-state index contributed by atoms with van der Waals surface area (Å²) in [7, 11) is 0. The fourth-order valence-corrected chi connectivity index (χ4v) is 6.60. The summed E-state index contributed by atoms with van der Waals surface area (Å²) in [5.41, 5.74) is 0. The summed E-state index contributed by atoms with van der Waals surface area (Å²) < 4.78 is 10.4. The zero-order chi connectivity index (χ0) is 36.0. The topological polar surface area (TPSA) is 72.8 Å². The highest BCUT2D eigenvalue weighted by molar-refractivity contribution is 5.69. The highest BCUT2D eigenvalue weighted by Crippen LogP contribution is 2.17. The molecule has 0 saturated heterocycles. The predicted octanol–water partition coefficient (Wildman–Crippen LogP) is 13.6. The molecule has 0 radical (unpaired) electrons. The number of hydrogen-bond acceptors (Lipinski definition) is 5. The summed E-state index contributed by atoms with van der Waals surface area (Å²) >= 11 is 0. The normalized spacial score (nSPS) is 12.8. The van der Waals surface area contributed by atoms with Crippen LogP contribution in [-0.2, 0) is 19.1 Å². The Morgan fingerprint density at radius 3 is 0.980 bits per heavy atom. The van der Waals surface area contributed by atoms with Crippen molar-refractivity contribution in [2.45, 2.75) is 246 Å². The Balaban J connectivity index is 3.36. The van der Waals surface area contributed by atoms with E-state index in [0.717, 1.165) is 37.5 Å². The standard InChI is InChI=1S/C44H86O5/c1-5-41(4)35-31-27-23-19-16-17-21-25-29-33-37-44(47)49-39-42(45)38-48-43(46)36-32-28-24-20-15-13-11-9-7-6-8-10-12-14-18-22-26-30-34-40(2)3/h40-42,45H,5-39H2,1-4H3/t41?,42-/m0/s1. The zero-order valence-corrected chi connectivity index (χ0v) is 33.6. The molecule has 0 bridgehead atoms. The molecule has 292 valence electrons. The molecule has 0 amide bonds. The van der Waals surface area contributed by atoms with Crippen molar-refractivity contribution in [3.05, 3.63) is 0 Å². The van der Waals surface area contributed by atoms with Crippen molar-refractivity contribution in [2.24, 2.45) is 11.8 Å². The van der Waals surface area contributed by atoms with Crippen molar-refractivity contribution in [1.29, 1.82) is 0 Å². The molecule has 0 aliphatic rings. The summed E-state index contributed by atoms with van der Waals surface area (Å²) in [5, 5.41) is 10.0. The van der Waals surface area contributed by atoms with E-state index in [2.05, 4.69) is 27.7 Å². The van der Waals surface area contributed by atoms with Gasteiger partial charge in [0.1, 0.15) is 19.3 Å². The lowest BCUT2D eigenvalue weighted by molar-refractivity contribution is -0.152. The molecule has 1 unspecified atom stereocenters. The van der Waals surface area contributed by atoms with Gasteiger partial charge in [0.25, 0.3) is 0 Å². The third kappa shape index (κ3) is 39.5. The third-order valence-electron chi connectivity index (χ3n) is 10.3. The fraction of sp³-hybridized carbons (Fsp3) is 0.955. The van der Waals surface area contributed by atoms with E-state index < -0.39 is 6.10 Å². The molecule has 5 nitrogen and oxygen atoms in total. The van der Waals surface area contributed by atoms with Crippen molar-refractivity contribution in [2.75, 3.05) is 13.2 Å². The van der Waals surface area contributed by atoms with Crippen LogP contribution in [0.1, 0.15) is 240 Å². The molecule has 0 aliphatic carbocycles. The number of ether oxygens (including phenoxy) is 2. The van der Waals surface area contributed by atoms with E-state index in [0.29, 0.717) is 12.8 Å². The molecule has 0 fully saturated rings. The molecule has 0 aromatic heterocycles. The van der Waals surface area contributed by atoms with Gasteiger partial charge in [0, 0.05) is 12.8 Å².